The normalized spacial score (nSPS) is 14.4. The molecule has 0 spiro atoms. The van der Waals surface area contributed by atoms with Gasteiger partial charge in [0.25, 0.3) is 11.5 Å². The number of pyridine rings is 1. The van der Waals surface area contributed by atoms with Crippen molar-refractivity contribution in [3.8, 4) is 5.75 Å². The van der Waals surface area contributed by atoms with Gasteiger partial charge in [-0.15, -0.1) is 23.5 Å². The van der Waals surface area contributed by atoms with Crippen LogP contribution < -0.4 is 15.6 Å². The van der Waals surface area contributed by atoms with Crippen LogP contribution in [-0.4, -0.2) is 29.0 Å². The SMILES string of the molecule is Cc1cc(C)c(CNC(=O)COc2ccccc2C2SCCS2)c(=O)[nH]1. The zero-order chi connectivity index (χ0) is 18.5. The number of aromatic amines is 1. The number of aryl methyl sites for hydroxylation is 2. The fourth-order valence-electron chi connectivity index (χ4n) is 2.83. The lowest BCUT2D eigenvalue weighted by atomic mass is 10.1. The molecule has 1 saturated heterocycles. The van der Waals surface area contributed by atoms with Gasteiger partial charge in [0.05, 0.1) is 4.58 Å². The Labute approximate surface area is 161 Å². The number of hydrogen-bond acceptors (Lipinski definition) is 5. The number of rotatable bonds is 6. The highest BCUT2D eigenvalue weighted by Gasteiger charge is 2.21. The second-order valence-corrected chi connectivity index (χ2v) is 8.84. The molecule has 0 atom stereocenters. The molecule has 0 bridgehead atoms. The molecule has 2 aromatic rings. The van der Waals surface area contributed by atoms with E-state index in [1.54, 1.807) is 0 Å². The summed E-state index contributed by atoms with van der Waals surface area (Å²) in [4.78, 5) is 26.9. The third kappa shape index (κ3) is 4.65. The molecule has 1 aromatic heterocycles. The minimum Gasteiger partial charge on any atom is -0.483 e. The molecule has 0 saturated carbocycles. The number of nitrogens with one attached hydrogen (secondary N) is 2. The summed E-state index contributed by atoms with van der Waals surface area (Å²) in [7, 11) is 0. The summed E-state index contributed by atoms with van der Waals surface area (Å²) in [6, 6.07) is 9.76. The molecule has 0 unspecified atom stereocenters. The first-order valence-electron chi connectivity index (χ1n) is 8.45. The van der Waals surface area contributed by atoms with E-state index < -0.39 is 0 Å². The smallest absolute Gasteiger partial charge is 0.258 e. The first-order chi connectivity index (χ1) is 12.5. The zero-order valence-corrected chi connectivity index (χ0v) is 16.5. The Hall–Kier alpha value is -1.86. The Morgan fingerprint density at radius 3 is 2.73 bits per heavy atom. The predicted molar refractivity (Wildman–Crippen MR) is 108 cm³/mol. The van der Waals surface area contributed by atoms with E-state index >= 15 is 0 Å². The largest absolute Gasteiger partial charge is 0.483 e. The number of aromatic nitrogens is 1. The van der Waals surface area contributed by atoms with Crippen LogP contribution in [0.1, 0.15) is 27.0 Å². The lowest BCUT2D eigenvalue weighted by Gasteiger charge is -2.15. The molecule has 0 radical (unpaired) electrons. The van der Waals surface area contributed by atoms with Crippen molar-refractivity contribution in [2.75, 3.05) is 18.1 Å². The quantitative estimate of drug-likeness (QED) is 0.793. The van der Waals surface area contributed by atoms with Crippen molar-refractivity contribution in [3.05, 3.63) is 63.1 Å². The summed E-state index contributed by atoms with van der Waals surface area (Å²) < 4.78 is 6.12. The van der Waals surface area contributed by atoms with Crippen molar-refractivity contribution in [2.45, 2.75) is 25.0 Å². The summed E-state index contributed by atoms with van der Waals surface area (Å²) in [5.41, 5.74) is 3.21. The fraction of sp³-hybridized carbons (Fsp3) is 0.368. The number of hydrogen-bond donors (Lipinski definition) is 2. The molecule has 5 nitrogen and oxygen atoms in total. The topological polar surface area (TPSA) is 71.2 Å². The van der Waals surface area contributed by atoms with Gasteiger partial charge >= 0.3 is 0 Å². The minimum absolute atomic E-state index is 0.0676. The lowest BCUT2D eigenvalue weighted by molar-refractivity contribution is -0.123. The van der Waals surface area contributed by atoms with E-state index in [0.717, 1.165) is 34.1 Å². The van der Waals surface area contributed by atoms with Gasteiger partial charge in [-0.2, -0.15) is 0 Å². The average Bonchev–Trinajstić information content (AvgIpc) is 3.13. The van der Waals surface area contributed by atoms with E-state index in [2.05, 4.69) is 16.4 Å². The number of ether oxygens (including phenoxy) is 1. The summed E-state index contributed by atoms with van der Waals surface area (Å²) >= 11 is 3.80. The molecule has 7 heteroatoms. The molecule has 3 rings (SSSR count). The molecule has 1 fully saturated rings. The van der Waals surface area contributed by atoms with Crippen LogP contribution in [0.25, 0.3) is 0 Å². The second-order valence-electron chi connectivity index (χ2n) is 6.12. The van der Waals surface area contributed by atoms with Gasteiger partial charge in [0.2, 0.25) is 0 Å². The Kier molecular flexibility index (Phi) is 6.32. The van der Waals surface area contributed by atoms with Crippen LogP contribution in [0.3, 0.4) is 0 Å². The number of thioether (sulfide) groups is 2. The van der Waals surface area contributed by atoms with Crippen LogP contribution in [-0.2, 0) is 11.3 Å². The van der Waals surface area contributed by atoms with E-state index in [9.17, 15) is 9.59 Å². The molecule has 1 aliphatic rings. The van der Waals surface area contributed by atoms with Gasteiger partial charge in [0, 0.05) is 34.9 Å². The second kappa shape index (κ2) is 8.68. The van der Waals surface area contributed by atoms with Gasteiger partial charge in [0.15, 0.2) is 6.61 Å². The van der Waals surface area contributed by atoms with Crippen LogP contribution in [0.4, 0.5) is 0 Å². The van der Waals surface area contributed by atoms with Gasteiger partial charge in [-0.25, -0.2) is 0 Å². The van der Waals surface area contributed by atoms with E-state index in [1.165, 1.54) is 0 Å². The molecule has 2 heterocycles. The number of benzene rings is 1. The monoisotopic (exact) mass is 390 g/mol. The Balaban J connectivity index is 1.58. The molecule has 138 valence electrons. The zero-order valence-electron chi connectivity index (χ0n) is 14.8. The average molecular weight is 391 g/mol. The third-order valence-corrected chi connectivity index (χ3v) is 7.18. The van der Waals surface area contributed by atoms with E-state index in [-0.39, 0.29) is 24.6 Å². The van der Waals surface area contributed by atoms with Gasteiger partial charge in [-0.3, -0.25) is 9.59 Å². The number of carbonyl (C=O) groups excluding carboxylic acids is 1. The Morgan fingerprint density at radius 2 is 2.00 bits per heavy atom. The van der Waals surface area contributed by atoms with E-state index in [1.807, 2.05) is 61.6 Å². The first kappa shape index (κ1) is 18.9. The minimum atomic E-state index is -0.245. The number of amides is 1. The first-order valence-corrected chi connectivity index (χ1v) is 10.6. The van der Waals surface area contributed by atoms with Crippen molar-refractivity contribution < 1.29 is 9.53 Å². The van der Waals surface area contributed by atoms with Crippen LogP contribution in [0.5, 0.6) is 5.75 Å². The molecule has 1 aromatic carbocycles. The fourth-order valence-corrected chi connectivity index (χ4v) is 5.74. The molecular formula is C19H22N2O3S2. The Bertz CT molecular complexity index is 845. The van der Waals surface area contributed by atoms with Crippen molar-refractivity contribution >= 4 is 29.4 Å². The number of carbonyl (C=O) groups is 1. The highest BCUT2D eigenvalue weighted by Crippen LogP contribution is 2.48. The van der Waals surface area contributed by atoms with E-state index in [4.69, 9.17) is 4.74 Å². The van der Waals surface area contributed by atoms with Crippen LogP contribution in [0, 0.1) is 13.8 Å². The van der Waals surface area contributed by atoms with Crippen molar-refractivity contribution in [1.29, 1.82) is 0 Å². The van der Waals surface area contributed by atoms with Crippen molar-refractivity contribution in [1.82, 2.24) is 10.3 Å². The maximum absolute atomic E-state index is 12.2. The predicted octanol–water partition coefficient (Wildman–Crippen LogP) is 3.17. The van der Waals surface area contributed by atoms with Crippen molar-refractivity contribution in [3.63, 3.8) is 0 Å². The highest BCUT2D eigenvalue weighted by atomic mass is 32.2. The van der Waals surface area contributed by atoms with Crippen molar-refractivity contribution in [2.24, 2.45) is 0 Å². The molecule has 26 heavy (non-hydrogen) atoms. The maximum Gasteiger partial charge on any atom is 0.258 e. The number of para-hydroxylation sites is 1. The molecule has 1 amide bonds. The molecular weight excluding hydrogens is 368 g/mol. The maximum atomic E-state index is 12.2. The van der Waals surface area contributed by atoms with Gasteiger partial charge in [-0.05, 0) is 31.5 Å². The highest BCUT2D eigenvalue weighted by molar-refractivity contribution is 8.19. The molecule has 0 aliphatic carbocycles. The van der Waals surface area contributed by atoms with Crippen LogP contribution >= 0.6 is 23.5 Å². The van der Waals surface area contributed by atoms with Crippen LogP contribution in [0.15, 0.2) is 35.1 Å². The third-order valence-electron chi connectivity index (χ3n) is 4.11. The number of H-pyrrole nitrogens is 1. The lowest BCUT2D eigenvalue weighted by Crippen LogP contribution is -2.31. The van der Waals surface area contributed by atoms with Gasteiger partial charge in [0.1, 0.15) is 5.75 Å². The standard InChI is InChI=1S/C19H22N2O3S2/c1-12-9-13(2)21-18(23)15(12)10-20-17(22)11-24-16-6-4-3-5-14(16)19-25-7-8-26-19/h3-6,9,19H,7-8,10-11H2,1-2H3,(H,20,22)(H,21,23). The molecule has 1 aliphatic heterocycles. The van der Waals surface area contributed by atoms with Gasteiger partial charge < -0.3 is 15.0 Å². The van der Waals surface area contributed by atoms with Crippen LogP contribution in [0.2, 0.25) is 0 Å². The Morgan fingerprint density at radius 1 is 1.27 bits per heavy atom. The van der Waals surface area contributed by atoms with Gasteiger partial charge in [-0.1, -0.05) is 18.2 Å². The van der Waals surface area contributed by atoms with E-state index in [0.29, 0.717) is 10.1 Å². The summed E-state index contributed by atoms with van der Waals surface area (Å²) in [6.07, 6.45) is 0. The summed E-state index contributed by atoms with van der Waals surface area (Å²) in [6.45, 7) is 3.83. The molecule has 2 N–H and O–H groups in total. The summed E-state index contributed by atoms with van der Waals surface area (Å²) in [5.74, 6) is 2.77. The summed E-state index contributed by atoms with van der Waals surface area (Å²) in [5, 5.41) is 2.76.